The molecule has 5 heteroatoms. The molecule has 0 saturated carbocycles. The van der Waals surface area contributed by atoms with Gasteiger partial charge in [-0.3, -0.25) is 4.68 Å². The van der Waals surface area contributed by atoms with E-state index in [1.807, 2.05) is 17.8 Å². The zero-order chi connectivity index (χ0) is 11.1. The Bertz CT molecular complexity index is 450. The molecule has 0 saturated heterocycles. The van der Waals surface area contributed by atoms with Crippen molar-refractivity contribution in [3.63, 3.8) is 0 Å². The van der Waals surface area contributed by atoms with Crippen LogP contribution in [-0.4, -0.2) is 20.0 Å². The number of rotatable bonds is 1. The maximum atomic E-state index is 5.10. The summed E-state index contributed by atoms with van der Waals surface area (Å²) in [6.07, 6.45) is 1.31. The Labute approximate surface area is 88.1 Å². The lowest BCUT2D eigenvalue weighted by Gasteiger charge is -2.17. The molecule has 0 spiro atoms. The van der Waals surface area contributed by atoms with Gasteiger partial charge in [-0.1, -0.05) is 20.8 Å². The Morgan fingerprint density at radius 3 is 2.53 bits per heavy atom. The van der Waals surface area contributed by atoms with Crippen LogP contribution in [0.3, 0.4) is 0 Å². The van der Waals surface area contributed by atoms with E-state index in [-0.39, 0.29) is 5.41 Å². The molecule has 2 heterocycles. The van der Waals surface area contributed by atoms with Gasteiger partial charge in [0.1, 0.15) is 5.69 Å². The molecule has 0 N–H and O–H groups in total. The number of aromatic nitrogens is 4. The SMILES string of the molecule is Cn1nc(-c2nnco2)cc1C(C)(C)C. The van der Waals surface area contributed by atoms with Gasteiger partial charge in [-0.25, -0.2) is 0 Å². The molecular weight excluding hydrogens is 192 g/mol. The molecular formula is C10H14N4O. The average molecular weight is 206 g/mol. The summed E-state index contributed by atoms with van der Waals surface area (Å²) in [5, 5.41) is 11.8. The zero-order valence-corrected chi connectivity index (χ0v) is 9.35. The van der Waals surface area contributed by atoms with Gasteiger partial charge in [0, 0.05) is 18.2 Å². The highest BCUT2D eigenvalue weighted by molar-refractivity contribution is 5.47. The molecule has 0 amide bonds. The summed E-state index contributed by atoms with van der Waals surface area (Å²) in [6, 6.07) is 1.98. The second-order valence-corrected chi connectivity index (χ2v) is 4.53. The second-order valence-electron chi connectivity index (χ2n) is 4.53. The summed E-state index contributed by atoms with van der Waals surface area (Å²) in [6.45, 7) is 6.42. The van der Waals surface area contributed by atoms with E-state index in [2.05, 4.69) is 36.1 Å². The van der Waals surface area contributed by atoms with Gasteiger partial charge >= 0.3 is 0 Å². The van der Waals surface area contributed by atoms with Crippen LogP contribution in [0.5, 0.6) is 0 Å². The van der Waals surface area contributed by atoms with Crippen LogP contribution in [-0.2, 0) is 12.5 Å². The number of hydrogen-bond acceptors (Lipinski definition) is 4. The van der Waals surface area contributed by atoms with E-state index < -0.39 is 0 Å². The van der Waals surface area contributed by atoms with Gasteiger partial charge in [0.25, 0.3) is 5.89 Å². The molecule has 15 heavy (non-hydrogen) atoms. The maximum absolute atomic E-state index is 5.10. The molecule has 0 aliphatic carbocycles. The summed E-state index contributed by atoms with van der Waals surface area (Å²) in [5.41, 5.74) is 1.91. The van der Waals surface area contributed by atoms with Crippen LogP contribution in [0.4, 0.5) is 0 Å². The molecule has 0 bridgehead atoms. The van der Waals surface area contributed by atoms with Crippen LogP contribution >= 0.6 is 0 Å². The summed E-state index contributed by atoms with van der Waals surface area (Å²) in [4.78, 5) is 0. The smallest absolute Gasteiger partial charge is 0.267 e. The van der Waals surface area contributed by atoms with Crippen molar-refractivity contribution in [3.05, 3.63) is 18.2 Å². The molecule has 5 nitrogen and oxygen atoms in total. The van der Waals surface area contributed by atoms with Crippen LogP contribution in [0.15, 0.2) is 16.9 Å². The highest BCUT2D eigenvalue weighted by atomic mass is 16.4. The van der Waals surface area contributed by atoms with E-state index in [9.17, 15) is 0 Å². The van der Waals surface area contributed by atoms with Crippen molar-refractivity contribution >= 4 is 0 Å². The van der Waals surface area contributed by atoms with Crippen LogP contribution in [0, 0.1) is 0 Å². The average Bonchev–Trinajstić information content (AvgIpc) is 2.68. The molecule has 2 aromatic heterocycles. The molecule has 0 atom stereocenters. The van der Waals surface area contributed by atoms with Crippen LogP contribution in [0.25, 0.3) is 11.6 Å². The van der Waals surface area contributed by atoms with Gasteiger partial charge in [-0.15, -0.1) is 10.2 Å². The Kier molecular flexibility index (Phi) is 2.10. The largest absolute Gasteiger partial charge is 0.422 e. The highest BCUT2D eigenvalue weighted by Crippen LogP contribution is 2.25. The Morgan fingerprint density at radius 1 is 1.33 bits per heavy atom. The highest BCUT2D eigenvalue weighted by Gasteiger charge is 2.21. The summed E-state index contributed by atoms with van der Waals surface area (Å²) >= 11 is 0. The van der Waals surface area contributed by atoms with Gasteiger partial charge in [-0.2, -0.15) is 5.10 Å². The topological polar surface area (TPSA) is 56.7 Å². The van der Waals surface area contributed by atoms with Gasteiger partial charge in [0.15, 0.2) is 0 Å². The van der Waals surface area contributed by atoms with E-state index in [4.69, 9.17) is 4.42 Å². The van der Waals surface area contributed by atoms with E-state index in [1.165, 1.54) is 6.39 Å². The minimum Gasteiger partial charge on any atom is -0.422 e. The van der Waals surface area contributed by atoms with Gasteiger partial charge in [0.05, 0.1) is 0 Å². The number of aryl methyl sites for hydroxylation is 1. The Hall–Kier alpha value is -1.65. The second kappa shape index (κ2) is 3.18. The summed E-state index contributed by atoms with van der Waals surface area (Å²) < 4.78 is 6.95. The quantitative estimate of drug-likeness (QED) is 0.713. The van der Waals surface area contributed by atoms with Crippen LogP contribution < -0.4 is 0 Å². The van der Waals surface area contributed by atoms with Gasteiger partial charge < -0.3 is 4.42 Å². The number of nitrogens with zero attached hydrogens (tertiary/aromatic N) is 4. The van der Waals surface area contributed by atoms with Crippen molar-refractivity contribution in [1.29, 1.82) is 0 Å². The lowest BCUT2D eigenvalue weighted by molar-refractivity contribution is 0.522. The fourth-order valence-electron chi connectivity index (χ4n) is 1.56. The van der Waals surface area contributed by atoms with Crippen molar-refractivity contribution in [2.75, 3.05) is 0 Å². The predicted octanol–water partition coefficient (Wildman–Crippen LogP) is 1.77. The van der Waals surface area contributed by atoms with Crippen LogP contribution in [0.1, 0.15) is 26.5 Å². The molecule has 2 aromatic rings. The van der Waals surface area contributed by atoms with Gasteiger partial charge in [-0.05, 0) is 6.07 Å². The molecule has 0 fully saturated rings. The summed E-state index contributed by atoms with van der Waals surface area (Å²) in [5.74, 6) is 0.459. The fraction of sp³-hybridized carbons (Fsp3) is 0.500. The normalized spacial score (nSPS) is 12.0. The third-order valence-electron chi connectivity index (χ3n) is 2.23. The van der Waals surface area contributed by atoms with E-state index in [1.54, 1.807) is 0 Å². The van der Waals surface area contributed by atoms with Crippen molar-refractivity contribution in [2.45, 2.75) is 26.2 Å². The zero-order valence-electron chi connectivity index (χ0n) is 9.35. The third-order valence-corrected chi connectivity index (χ3v) is 2.23. The molecule has 0 radical (unpaired) electrons. The Morgan fingerprint density at radius 2 is 2.07 bits per heavy atom. The molecule has 0 unspecified atom stereocenters. The minimum absolute atomic E-state index is 0.0556. The van der Waals surface area contributed by atoms with Crippen molar-refractivity contribution in [1.82, 2.24) is 20.0 Å². The first-order chi connectivity index (χ1) is 6.98. The molecule has 80 valence electrons. The molecule has 0 aliphatic heterocycles. The van der Waals surface area contributed by atoms with E-state index in [0.717, 1.165) is 11.4 Å². The first-order valence-corrected chi connectivity index (χ1v) is 4.79. The van der Waals surface area contributed by atoms with Crippen molar-refractivity contribution < 1.29 is 4.42 Å². The minimum atomic E-state index is 0.0556. The molecule has 0 aliphatic rings. The fourth-order valence-corrected chi connectivity index (χ4v) is 1.56. The standard InChI is InChI=1S/C10H14N4O/c1-10(2,3)8-5-7(13-14(8)4)9-12-11-6-15-9/h5-6H,1-4H3. The first kappa shape index (κ1) is 9.89. The molecule has 0 aromatic carbocycles. The lowest BCUT2D eigenvalue weighted by atomic mass is 9.92. The first-order valence-electron chi connectivity index (χ1n) is 4.79. The number of hydrogen-bond donors (Lipinski definition) is 0. The maximum Gasteiger partial charge on any atom is 0.267 e. The predicted molar refractivity (Wildman–Crippen MR) is 55.2 cm³/mol. The van der Waals surface area contributed by atoms with E-state index in [0.29, 0.717) is 5.89 Å². The summed E-state index contributed by atoms with van der Waals surface area (Å²) in [7, 11) is 1.92. The monoisotopic (exact) mass is 206 g/mol. The van der Waals surface area contributed by atoms with Crippen LogP contribution in [0.2, 0.25) is 0 Å². The molecule has 2 rings (SSSR count). The van der Waals surface area contributed by atoms with Gasteiger partial charge in [0.2, 0.25) is 6.39 Å². The van der Waals surface area contributed by atoms with E-state index >= 15 is 0 Å². The van der Waals surface area contributed by atoms with Crippen molar-refractivity contribution in [2.24, 2.45) is 7.05 Å². The third kappa shape index (κ3) is 1.77. The lowest BCUT2D eigenvalue weighted by Crippen LogP contribution is -2.16. The van der Waals surface area contributed by atoms with Crippen molar-refractivity contribution in [3.8, 4) is 11.6 Å². The Balaban J connectivity index is 2.47.